The highest BCUT2D eigenvalue weighted by molar-refractivity contribution is 5.91. The third-order valence-corrected chi connectivity index (χ3v) is 5.11. The third kappa shape index (κ3) is 4.65. The average molecular weight is 395 g/mol. The molecule has 1 aliphatic rings. The number of fused-ring (bicyclic) bond motifs is 1. The fourth-order valence-corrected chi connectivity index (χ4v) is 3.58. The molecule has 1 aromatic carbocycles. The molecular formula is C21H25N5O3. The molecule has 1 N–H and O–H groups in total. The van der Waals surface area contributed by atoms with Crippen LogP contribution < -0.4 is 10.1 Å². The van der Waals surface area contributed by atoms with Crippen LogP contribution in [0.1, 0.15) is 27.8 Å². The largest absolute Gasteiger partial charge is 0.497 e. The number of nitrogens with zero attached hydrogens (tertiary/aromatic N) is 4. The summed E-state index contributed by atoms with van der Waals surface area (Å²) in [6, 6.07) is 11.5. The molecule has 0 fully saturated rings. The zero-order valence-corrected chi connectivity index (χ0v) is 16.5. The number of rotatable bonds is 7. The quantitative estimate of drug-likeness (QED) is 0.658. The van der Waals surface area contributed by atoms with Crippen LogP contribution in [-0.4, -0.2) is 52.3 Å². The van der Waals surface area contributed by atoms with Crippen LogP contribution in [0.3, 0.4) is 0 Å². The van der Waals surface area contributed by atoms with E-state index < -0.39 is 0 Å². The molecule has 3 heterocycles. The fourth-order valence-electron chi connectivity index (χ4n) is 3.58. The number of amides is 1. The Bertz CT molecular complexity index is 951. The number of methoxy groups -OCH3 is 1. The van der Waals surface area contributed by atoms with Gasteiger partial charge in [-0.3, -0.25) is 9.69 Å². The highest BCUT2D eigenvalue weighted by Crippen LogP contribution is 2.16. The molecule has 0 saturated carbocycles. The molecule has 0 radical (unpaired) electrons. The van der Waals surface area contributed by atoms with Crippen LogP contribution >= 0.6 is 0 Å². The summed E-state index contributed by atoms with van der Waals surface area (Å²) in [4.78, 5) is 14.4. The summed E-state index contributed by atoms with van der Waals surface area (Å²) in [7, 11) is 1.69. The van der Waals surface area contributed by atoms with E-state index in [4.69, 9.17) is 9.15 Å². The number of benzene rings is 1. The lowest BCUT2D eigenvalue weighted by molar-refractivity contribution is 0.0926. The minimum absolute atomic E-state index is 0.213. The van der Waals surface area contributed by atoms with E-state index in [1.165, 1.54) is 11.8 Å². The number of aromatic nitrogens is 3. The van der Waals surface area contributed by atoms with Crippen molar-refractivity contribution < 1.29 is 13.9 Å². The molecule has 3 aromatic rings. The third-order valence-electron chi connectivity index (χ3n) is 5.11. The van der Waals surface area contributed by atoms with Gasteiger partial charge in [0, 0.05) is 45.6 Å². The SMILES string of the molecule is COc1cccc(CN2CCc3nnc(CCNC(=O)c4ccco4)n3CC2)c1. The molecule has 8 nitrogen and oxygen atoms in total. The topological polar surface area (TPSA) is 85.4 Å². The summed E-state index contributed by atoms with van der Waals surface area (Å²) in [5.41, 5.74) is 1.24. The van der Waals surface area contributed by atoms with Crippen LogP contribution in [0.5, 0.6) is 5.75 Å². The van der Waals surface area contributed by atoms with Crippen LogP contribution in [0.4, 0.5) is 0 Å². The molecule has 29 heavy (non-hydrogen) atoms. The Kier molecular flexibility index (Phi) is 5.90. The lowest BCUT2D eigenvalue weighted by Crippen LogP contribution is -2.28. The first kappa shape index (κ1) is 19.2. The van der Waals surface area contributed by atoms with Crippen LogP contribution in [0.15, 0.2) is 47.1 Å². The molecule has 1 amide bonds. The highest BCUT2D eigenvalue weighted by atomic mass is 16.5. The Balaban J connectivity index is 1.32. The van der Waals surface area contributed by atoms with Crippen molar-refractivity contribution in [2.24, 2.45) is 0 Å². The number of carbonyl (C=O) groups excluding carboxylic acids is 1. The summed E-state index contributed by atoms with van der Waals surface area (Å²) < 4.78 is 12.6. The number of furan rings is 1. The van der Waals surface area contributed by atoms with E-state index in [0.29, 0.717) is 18.7 Å². The normalized spacial score (nSPS) is 14.2. The summed E-state index contributed by atoms with van der Waals surface area (Å²) in [6.07, 6.45) is 2.98. The Morgan fingerprint density at radius 2 is 2.14 bits per heavy atom. The number of nitrogens with one attached hydrogen (secondary N) is 1. The molecule has 0 unspecified atom stereocenters. The van der Waals surface area contributed by atoms with Gasteiger partial charge < -0.3 is 19.0 Å². The molecule has 0 saturated heterocycles. The van der Waals surface area contributed by atoms with E-state index in [1.807, 2.05) is 12.1 Å². The first-order chi connectivity index (χ1) is 14.2. The van der Waals surface area contributed by atoms with Crippen molar-refractivity contribution in [2.75, 3.05) is 26.7 Å². The second-order valence-corrected chi connectivity index (χ2v) is 7.04. The van der Waals surface area contributed by atoms with E-state index in [2.05, 4.69) is 37.1 Å². The maximum atomic E-state index is 12.0. The van der Waals surface area contributed by atoms with Crippen LogP contribution in [0, 0.1) is 0 Å². The van der Waals surface area contributed by atoms with Crippen LogP contribution in [-0.2, 0) is 25.9 Å². The highest BCUT2D eigenvalue weighted by Gasteiger charge is 2.19. The van der Waals surface area contributed by atoms with Crippen LogP contribution in [0.25, 0.3) is 0 Å². The molecule has 0 aliphatic carbocycles. The monoisotopic (exact) mass is 395 g/mol. The smallest absolute Gasteiger partial charge is 0.286 e. The average Bonchev–Trinajstić information content (AvgIpc) is 3.36. The van der Waals surface area contributed by atoms with Gasteiger partial charge in [-0.25, -0.2) is 0 Å². The maximum absolute atomic E-state index is 12.0. The number of carbonyl (C=O) groups is 1. The lowest BCUT2D eigenvalue weighted by atomic mass is 10.2. The van der Waals surface area contributed by atoms with Crippen molar-refractivity contribution in [1.29, 1.82) is 0 Å². The van der Waals surface area contributed by atoms with Crippen molar-refractivity contribution >= 4 is 5.91 Å². The standard InChI is InChI=1S/C21H25N5O3/c1-28-17-5-2-4-16(14-17)15-25-10-8-20-24-23-19(26(20)12-11-25)7-9-22-21(27)18-6-3-13-29-18/h2-6,13-14H,7-12,15H2,1H3,(H,22,27). The van der Waals surface area contributed by atoms with Gasteiger partial charge in [-0.15, -0.1) is 10.2 Å². The van der Waals surface area contributed by atoms with Crippen molar-refractivity contribution in [3.8, 4) is 5.75 Å². The van der Waals surface area contributed by atoms with Crippen molar-refractivity contribution in [2.45, 2.75) is 25.9 Å². The Morgan fingerprint density at radius 3 is 2.97 bits per heavy atom. The minimum atomic E-state index is -0.213. The van der Waals surface area contributed by atoms with E-state index in [-0.39, 0.29) is 5.91 Å². The minimum Gasteiger partial charge on any atom is -0.497 e. The Hall–Kier alpha value is -3.13. The number of ether oxygens (including phenoxy) is 1. The van der Waals surface area contributed by atoms with Gasteiger partial charge in [0.2, 0.25) is 0 Å². The zero-order valence-electron chi connectivity index (χ0n) is 16.5. The van der Waals surface area contributed by atoms with E-state index in [0.717, 1.165) is 50.0 Å². The van der Waals surface area contributed by atoms with Gasteiger partial charge in [0.1, 0.15) is 17.4 Å². The first-order valence-corrected chi connectivity index (χ1v) is 9.81. The Labute approximate surface area is 169 Å². The fraction of sp³-hybridized carbons (Fsp3) is 0.381. The molecule has 0 spiro atoms. The van der Waals surface area contributed by atoms with Gasteiger partial charge in [-0.1, -0.05) is 12.1 Å². The van der Waals surface area contributed by atoms with Crippen molar-refractivity contribution in [3.63, 3.8) is 0 Å². The number of hydrogen-bond acceptors (Lipinski definition) is 6. The second-order valence-electron chi connectivity index (χ2n) is 7.04. The van der Waals surface area contributed by atoms with E-state index >= 15 is 0 Å². The second kappa shape index (κ2) is 8.91. The molecule has 2 aromatic heterocycles. The molecule has 152 valence electrons. The summed E-state index contributed by atoms with van der Waals surface area (Å²) in [5.74, 6) is 2.90. The summed E-state index contributed by atoms with van der Waals surface area (Å²) in [6.45, 7) is 4.07. The van der Waals surface area contributed by atoms with Gasteiger partial charge in [0.05, 0.1) is 13.4 Å². The zero-order chi connectivity index (χ0) is 20.1. The molecule has 0 bridgehead atoms. The van der Waals surface area contributed by atoms with Crippen LogP contribution in [0.2, 0.25) is 0 Å². The molecule has 0 atom stereocenters. The molecule has 4 rings (SSSR count). The van der Waals surface area contributed by atoms with E-state index in [9.17, 15) is 4.79 Å². The predicted octanol–water partition coefficient (Wildman–Crippen LogP) is 1.91. The lowest BCUT2D eigenvalue weighted by Gasteiger charge is -2.20. The molecular weight excluding hydrogens is 370 g/mol. The summed E-state index contributed by atoms with van der Waals surface area (Å²) >= 11 is 0. The van der Waals surface area contributed by atoms with Gasteiger partial charge in [-0.2, -0.15) is 0 Å². The van der Waals surface area contributed by atoms with Gasteiger partial charge in [0.25, 0.3) is 5.91 Å². The van der Waals surface area contributed by atoms with E-state index in [1.54, 1.807) is 19.2 Å². The molecule has 1 aliphatic heterocycles. The maximum Gasteiger partial charge on any atom is 0.286 e. The van der Waals surface area contributed by atoms with Crippen molar-refractivity contribution in [3.05, 3.63) is 65.6 Å². The first-order valence-electron chi connectivity index (χ1n) is 9.81. The van der Waals surface area contributed by atoms with Gasteiger partial charge in [0.15, 0.2) is 5.76 Å². The van der Waals surface area contributed by atoms with Gasteiger partial charge >= 0.3 is 0 Å². The Morgan fingerprint density at radius 1 is 1.21 bits per heavy atom. The van der Waals surface area contributed by atoms with Crippen molar-refractivity contribution in [1.82, 2.24) is 25.0 Å². The predicted molar refractivity (Wildman–Crippen MR) is 107 cm³/mol. The molecule has 8 heteroatoms. The van der Waals surface area contributed by atoms with Gasteiger partial charge in [-0.05, 0) is 29.8 Å². The number of hydrogen-bond donors (Lipinski definition) is 1. The summed E-state index contributed by atoms with van der Waals surface area (Å²) in [5, 5.41) is 11.6.